The Morgan fingerprint density at radius 2 is 1.71 bits per heavy atom. The molecule has 2 aromatic rings. The zero-order valence-electron chi connectivity index (χ0n) is 15.3. The number of carbonyl (C=O) groups is 2. The largest absolute Gasteiger partial charge is 0.388 e. The standard InChI is InChI=1S/C22H20O6/c1-11-27-10-18(28-11)22(26)8-16-19(17(23)9-22)21(25)15-7-13-5-3-2-4-12(13)6-14(15)20(16)24/h2-7,11,17-18,23,26H,8-10H2,1H3/t11-,17-,18-,22?/m1/s1. The van der Waals surface area contributed by atoms with E-state index >= 15 is 0 Å². The maximum absolute atomic E-state index is 13.2. The minimum atomic E-state index is -1.46. The minimum absolute atomic E-state index is 0.0447. The van der Waals surface area contributed by atoms with E-state index in [-0.39, 0.29) is 42.2 Å². The minimum Gasteiger partial charge on any atom is -0.388 e. The molecule has 0 spiro atoms. The molecule has 0 radical (unpaired) electrons. The predicted molar refractivity (Wildman–Crippen MR) is 100 cm³/mol. The van der Waals surface area contributed by atoms with Crippen molar-refractivity contribution in [1.29, 1.82) is 0 Å². The zero-order chi connectivity index (χ0) is 19.6. The van der Waals surface area contributed by atoms with Gasteiger partial charge in [-0.3, -0.25) is 9.59 Å². The van der Waals surface area contributed by atoms with Gasteiger partial charge in [-0.2, -0.15) is 0 Å². The van der Waals surface area contributed by atoms with Gasteiger partial charge in [-0.15, -0.1) is 0 Å². The van der Waals surface area contributed by atoms with Crippen molar-refractivity contribution in [2.45, 2.75) is 43.9 Å². The van der Waals surface area contributed by atoms with Crippen LogP contribution in [0.2, 0.25) is 0 Å². The van der Waals surface area contributed by atoms with E-state index in [1.165, 1.54) is 0 Å². The van der Waals surface area contributed by atoms with E-state index in [0.29, 0.717) is 11.1 Å². The first-order chi connectivity index (χ1) is 13.4. The van der Waals surface area contributed by atoms with Gasteiger partial charge in [0.05, 0.1) is 12.7 Å². The summed E-state index contributed by atoms with van der Waals surface area (Å²) < 4.78 is 11.0. The topological polar surface area (TPSA) is 93.1 Å². The monoisotopic (exact) mass is 380 g/mol. The normalized spacial score (nSPS) is 32.6. The third kappa shape index (κ3) is 2.49. The van der Waals surface area contributed by atoms with Gasteiger partial charge in [0.25, 0.3) is 0 Å². The molecule has 4 atom stereocenters. The van der Waals surface area contributed by atoms with E-state index in [9.17, 15) is 19.8 Å². The Morgan fingerprint density at radius 1 is 1.07 bits per heavy atom. The Hall–Kier alpha value is -2.38. The van der Waals surface area contributed by atoms with E-state index in [1.54, 1.807) is 19.1 Å². The second-order valence-corrected chi connectivity index (χ2v) is 7.82. The van der Waals surface area contributed by atoms with Crippen molar-refractivity contribution in [2.24, 2.45) is 0 Å². The summed E-state index contributed by atoms with van der Waals surface area (Å²) in [7, 11) is 0. The molecule has 6 nitrogen and oxygen atoms in total. The fraction of sp³-hybridized carbons (Fsp3) is 0.364. The summed E-state index contributed by atoms with van der Waals surface area (Å²) in [5.41, 5.74) is -0.564. The molecule has 144 valence electrons. The van der Waals surface area contributed by atoms with Crippen molar-refractivity contribution in [1.82, 2.24) is 0 Å². The van der Waals surface area contributed by atoms with Crippen molar-refractivity contribution >= 4 is 22.3 Å². The second kappa shape index (κ2) is 6.06. The SMILES string of the molecule is C[C@@H]1OC[C@H](C2(O)CC3=C(C(=O)c4cc5ccccc5cc4C3=O)[C@H](O)C2)O1. The van der Waals surface area contributed by atoms with Crippen LogP contribution in [0.5, 0.6) is 0 Å². The molecule has 2 aromatic carbocycles. The number of fused-ring (bicyclic) bond motifs is 2. The van der Waals surface area contributed by atoms with Gasteiger partial charge in [0.1, 0.15) is 11.7 Å². The van der Waals surface area contributed by atoms with E-state index in [1.807, 2.05) is 24.3 Å². The molecule has 1 unspecified atom stereocenters. The van der Waals surface area contributed by atoms with Crippen molar-refractivity contribution < 1.29 is 29.3 Å². The third-order valence-electron chi connectivity index (χ3n) is 6.02. The average molecular weight is 380 g/mol. The highest BCUT2D eigenvalue weighted by Gasteiger charge is 2.51. The summed E-state index contributed by atoms with van der Waals surface area (Å²) in [6, 6.07) is 10.9. The molecule has 6 heteroatoms. The first-order valence-electron chi connectivity index (χ1n) is 9.40. The molecule has 0 bridgehead atoms. The van der Waals surface area contributed by atoms with Gasteiger partial charge in [0.15, 0.2) is 17.9 Å². The van der Waals surface area contributed by atoms with Crippen LogP contribution in [0.3, 0.4) is 0 Å². The van der Waals surface area contributed by atoms with Crippen LogP contribution in [0, 0.1) is 0 Å². The molecule has 2 N–H and O–H groups in total. The van der Waals surface area contributed by atoms with E-state index in [4.69, 9.17) is 9.47 Å². The molecule has 1 heterocycles. The molecule has 3 aliphatic rings. The number of aliphatic hydroxyl groups is 2. The molecular formula is C22H20O6. The number of Topliss-reactive ketones (excluding diaryl/α,β-unsaturated/α-hetero) is 2. The number of benzene rings is 2. The molecule has 28 heavy (non-hydrogen) atoms. The predicted octanol–water partition coefficient (Wildman–Crippen LogP) is 2.16. The Balaban J connectivity index is 1.60. The quantitative estimate of drug-likeness (QED) is 0.788. The number of hydrogen-bond donors (Lipinski definition) is 2. The van der Waals surface area contributed by atoms with Crippen molar-refractivity contribution in [2.75, 3.05) is 6.61 Å². The molecule has 0 aromatic heterocycles. The van der Waals surface area contributed by atoms with Crippen LogP contribution in [0.1, 0.15) is 40.5 Å². The van der Waals surface area contributed by atoms with Gasteiger partial charge < -0.3 is 19.7 Å². The van der Waals surface area contributed by atoms with Gasteiger partial charge in [0.2, 0.25) is 0 Å². The van der Waals surface area contributed by atoms with Crippen molar-refractivity contribution in [3.05, 3.63) is 58.7 Å². The lowest BCUT2D eigenvalue weighted by Crippen LogP contribution is -2.52. The Morgan fingerprint density at radius 3 is 2.32 bits per heavy atom. The summed E-state index contributed by atoms with van der Waals surface area (Å²) in [5.74, 6) is -0.665. The molecule has 5 rings (SSSR count). The lowest BCUT2D eigenvalue weighted by Gasteiger charge is -2.41. The zero-order valence-corrected chi connectivity index (χ0v) is 15.3. The summed E-state index contributed by atoms with van der Waals surface area (Å²) in [4.78, 5) is 26.4. The Kier molecular flexibility index (Phi) is 3.83. The molecule has 1 fully saturated rings. The van der Waals surface area contributed by atoms with Crippen molar-refractivity contribution in [3.8, 4) is 0 Å². The highest BCUT2D eigenvalue weighted by atomic mass is 16.7. The maximum atomic E-state index is 13.2. The molecule has 1 aliphatic heterocycles. The van der Waals surface area contributed by atoms with Crippen molar-refractivity contribution in [3.63, 3.8) is 0 Å². The molecule has 2 aliphatic carbocycles. The second-order valence-electron chi connectivity index (χ2n) is 7.82. The van der Waals surface area contributed by atoms with E-state index < -0.39 is 24.1 Å². The summed E-state index contributed by atoms with van der Waals surface area (Å²) >= 11 is 0. The van der Waals surface area contributed by atoms with Crippen LogP contribution in [-0.4, -0.2) is 52.5 Å². The van der Waals surface area contributed by atoms with Gasteiger partial charge in [-0.25, -0.2) is 0 Å². The van der Waals surface area contributed by atoms with Gasteiger partial charge in [-0.05, 0) is 29.8 Å². The van der Waals surface area contributed by atoms with Gasteiger partial charge >= 0.3 is 0 Å². The average Bonchev–Trinajstić information content (AvgIpc) is 3.12. The molecular weight excluding hydrogens is 360 g/mol. The van der Waals surface area contributed by atoms with Crippen LogP contribution in [0.15, 0.2) is 47.5 Å². The first-order valence-corrected chi connectivity index (χ1v) is 9.40. The fourth-order valence-corrected chi connectivity index (χ4v) is 4.59. The highest BCUT2D eigenvalue weighted by molar-refractivity contribution is 6.28. The van der Waals surface area contributed by atoms with Gasteiger partial charge in [0, 0.05) is 35.1 Å². The summed E-state index contributed by atoms with van der Waals surface area (Å²) in [5, 5.41) is 23.6. The lowest BCUT2D eigenvalue weighted by atomic mass is 9.69. The lowest BCUT2D eigenvalue weighted by molar-refractivity contribution is -0.126. The summed E-state index contributed by atoms with van der Waals surface area (Å²) in [6.45, 7) is 1.90. The number of ether oxygens (including phenoxy) is 2. The molecule has 0 saturated carbocycles. The van der Waals surface area contributed by atoms with E-state index in [0.717, 1.165) is 10.8 Å². The number of ketones is 2. The fourth-order valence-electron chi connectivity index (χ4n) is 4.59. The Labute approximate surface area is 161 Å². The number of rotatable bonds is 1. The summed E-state index contributed by atoms with van der Waals surface area (Å²) in [6.07, 6.45) is -2.47. The third-order valence-corrected chi connectivity index (χ3v) is 6.02. The molecule has 1 saturated heterocycles. The van der Waals surface area contributed by atoms with Crippen LogP contribution >= 0.6 is 0 Å². The number of carbonyl (C=O) groups excluding carboxylic acids is 2. The van der Waals surface area contributed by atoms with Gasteiger partial charge in [-0.1, -0.05) is 24.3 Å². The van der Waals surface area contributed by atoms with Crippen LogP contribution in [0.25, 0.3) is 10.8 Å². The number of hydrogen-bond acceptors (Lipinski definition) is 6. The van der Waals surface area contributed by atoms with Crippen LogP contribution in [-0.2, 0) is 9.47 Å². The molecule has 0 amide bonds. The highest BCUT2D eigenvalue weighted by Crippen LogP contribution is 2.43. The van der Waals surface area contributed by atoms with Crippen LogP contribution in [0.4, 0.5) is 0 Å². The van der Waals surface area contributed by atoms with Crippen LogP contribution < -0.4 is 0 Å². The maximum Gasteiger partial charge on any atom is 0.192 e. The van der Waals surface area contributed by atoms with E-state index in [2.05, 4.69) is 0 Å². The smallest absolute Gasteiger partial charge is 0.192 e. The Bertz CT molecular complexity index is 1050. The first kappa shape index (κ1) is 17.7. The number of aliphatic hydroxyl groups excluding tert-OH is 1.